The Morgan fingerprint density at radius 1 is 0.929 bits per heavy atom. The molecule has 0 aliphatic heterocycles. The standard InChI is InChI=1S/C13H29N/c1-6-7-14-10-13(8-11(2)3)9-12(4)5/h11-14H,6-10H2,1-5H3. The summed E-state index contributed by atoms with van der Waals surface area (Å²) < 4.78 is 0. The minimum atomic E-state index is 0.835. The molecule has 0 aliphatic carbocycles. The number of rotatable bonds is 8. The van der Waals surface area contributed by atoms with Crippen molar-refractivity contribution in [2.24, 2.45) is 17.8 Å². The topological polar surface area (TPSA) is 12.0 Å². The van der Waals surface area contributed by atoms with Crippen LogP contribution in [0.1, 0.15) is 53.9 Å². The highest BCUT2D eigenvalue weighted by Crippen LogP contribution is 2.19. The van der Waals surface area contributed by atoms with E-state index >= 15 is 0 Å². The maximum Gasteiger partial charge on any atom is -0.00203 e. The van der Waals surface area contributed by atoms with Crippen LogP contribution >= 0.6 is 0 Å². The van der Waals surface area contributed by atoms with Crippen molar-refractivity contribution in [3.05, 3.63) is 0 Å². The van der Waals surface area contributed by atoms with E-state index in [0.29, 0.717) is 0 Å². The molecular weight excluding hydrogens is 170 g/mol. The summed E-state index contributed by atoms with van der Waals surface area (Å²) in [7, 11) is 0. The molecule has 0 aliphatic rings. The van der Waals surface area contributed by atoms with Crippen molar-refractivity contribution in [2.75, 3.05) is 13.1 Å². The van der Waals surface area contributed by atoms with Crippen LogP contribution in [0.5, 0.6) is 0 Å². The second-order valence-electron chi connectivity index (χ2n) is 5.33. The molecule has 0 spiro atoms. The van der Waals surface area contributed by atoms with Gasteiger partial charge >= 0.3 is 0 Å². The molecule has 1 N–H and O–H groups in total. The quantitative estimate of drug-likeness (QED) is 0.588. The van der Waals surface area contributed by atoms with Crippen LogP contribution in [0, 0.1) is 17.8 Å². The maximum absolute atomic E-state index is 3.55. The highest BCUT2D eigenvalue weighted by atomic mass is 14.8. The molecule has 0 aromatic carbocycles. The molecule has 0 bridgehead atoms. The largest absolute Gasteiger partial charge is 0.316 e. The predicted octanol–water partition coefficient (Wildman–Crippen LogP) is 3.69. The molecule has 0 atom stereocenters. The second kappa shape index (κ2) is 8.28. The first kappa shape index (κ1) is 14.0. The minimum Gasteiger partial charge on any atom is -0.316 e. The van der Waals surface area contributed by atoms with Crippen LogP contribution in [0.25, 0.3) is 0 Å². The molecule has 1 heteroatoms. The first-order valence-corrected chi connectivity index (χ1v) is 6.26. The molecule has 0 heterocycles. The van der Waals surface area contributed by atoms with Gasteiger partial charge in [0.15, 0.2) is 0 Å². The van der Waals surface area contributed by atoms with Crippen molar-refractivity contribution in [1.29, 1.82) is 0 Å². The van der Waals surface area contributed by atoms with Crippen LogP contribution < -0.4 is 5.32 Å². The van der Waals surface area contributed by atoms with Crippen LogP contribution in [0.4, 0.5) is 0 Å². The van der Waals surface area contributed by atoms with Crippen molar-refractivity contribution in [1.82, 2.24) is 5.32 Å². The highest BCUT2D eigenvalue weighted by Gasteiger charge is 2.12. The smallest absolute Gasteiger partial charge is 0.00203 e. The Balaban J connectivity index is 3.72. The molecular formula is C13H29N. The first-order chi connectivity index (χ1) is 6.56. The van der Waals surface area contributed by atoms with Crippen molar-refractivity contribution >= 4 is 0 Å². The van der Waals surface area contributed by atoms with Gasteiger partial charge in [-0.25, -0.2) is 0 Å². The van der Waals surface area contributed by atoms with E-state index in [1.807, 2.05) is 0 Å². The summed E-state index contributed by atoms with van der Waals surface area (Å²) in [5.74, 6) is 2.55. The lowest BCUT2D eigenvalue weighted by Crippen LogP contribution is -2.25. The summed E-state index contributed by atoms with van der Waals surface area (Å²) >= 11 is 0. The minimum absolute atomic E-state index is 0.835. The van der Waals surface area contributed by atoms with Gasteiger partial charge in [-0.1, -0.05) is 34.6 Å². The van der Waals surface area contributed by atoms with E-state index in [2.05, 4.69) is 39.9 Å². The summed E-state index contributed by atoms with van der Waals surface area (Å²) in [4.78, 5) is 0. The van der Waals surface area contributed by atoms with Gasteiger partial charge in [-0.15, -0.1) is 0 Å². The Kier molecular flexibility index (Phi) is 8.26. The molecule has 0 amide bonds. The van der Waals surface area contributed by atoms with Crippen molar-refractivity contribution in [2.45, 2.75) is 53.9 Å². The second-order valence-corrected chi connectivity index (χ2v) is 5.33. The Morgan fingerprint density at radius 2 is 1.43 bits per heavy atom. The SMILES string of the molecule is CCCNCC(CC(C)C)CC(C)C. The van der Waals surface area contributed by atoms with Gasteiger partial charge in [0.1, 0.15) is 0 Å². The molecule has 14 heavy (non-hydrogen) atoms. The van der Waals surface area contributed by atoms with E-state index in [9.17, 15) is 0 Å². The van der Waals surface area contributed by atoms with Gasteiger partial charge in [0.25, 0.3) is 0 Å². The summed E-state index contributed by atoms with van der Waals surface area (Å²) in [6.45, 7) is 13.9. The molecule has 0 radical (unpaired) electrons. The Morgan fingerprint density at radius 3 is 1.79 bits per heavy atom. The zero-order valence-electron chi connectivity index (χ0n) is 10.8. The van der Waals surface area contributed by atoms with Crippen LogP contribution in [0.15, 0.2) is 0 Å². The normalized spacial score (nSPS) is 12.0. The van der Waals surface area contributed by atoms with E-state index in [-0.39, 0.29) is 0 Å². The van der Waals surface area contributed by atoms with E-state index in [1.165, 1.54) is 32.4 Å². The average Bonchev–Trinajstić information content (AvgIpc) is 2.02. The lowest BCUT2D eigenvalue weighted by atomic mass is 9.89. The van der Waals surface area contributed by atoms with E-state index in [4.69, 9.17) is 0 Å². The molecule has 86 valence electrons. The number of nitrogens with one attached hydrogen (secondary N) is 1. The summed E-state index contributed by atoms with van der Waals surface area (Å²) in [6, 6.07) is 0. The molecule has 0 rings (SSSR count). The predicted molar refractivity (Wildman–Crippen MR) is 65.6 cm³/mol. The van der Waals surface area contributed by atoms with Crippen LogP contribution in [-0.2, 0) is 0 Å². The first-order valence-electron chi connectivity index (χ1n) is 6.26. The van der Waals surface area contributed by atoms with Crippen molar-refractivity contribution in [3.8, 4) is 0 Å². The van der Waals surface area contributed by atoms with Gasteiger partial charge in [0, 0.05) is 0 Å². The third kappa shape index (κ3) is 8.55. The monoisotopic (exact) mass is 199 g/mol. The van der Waals surface area contributed by atoms with Crippen molar-refractivity contribution in [3.63, 3.8) is 0 Å². The Labute approximate surface area is 90.7 Å². The Bertz CT molecular complexity index is 108. The summed E-state index contributed by atoms with van der Waals surface area (Å²) in [6.07, 6.45) is 3.99. The molecule has 0 saturated carbocycles. The molecule has 0 saturated heterocycles. The zero-order valence-corrected chi connectivity index (χ0v) is 10.8. The summed E-state index contributed by atoms with van der Waals surface area (Å²) in [5.41, 5.74) is 0. The van der Waals surface area contributed by atoms with Gasteiger partial charge < -0.3 is 5.32 Å². The highest BCUT2D eigenvalue weighted by molar-refractivity contribution is 4.66. The van der Waals surface area contributed by atoms with Gasteiger partial charge in [0.05, 0.1) is 0 Å². The lowest BCUT2D eigenvalue weighted by molar-refractivity contribution is 0.329. The van der Waals surface area contributed by atoms with Crippen LogP contribution in [0.3, 0.4) is 0 Å². The average molecular weight is 199 g/mol. The van der Waals surface area contributed by atoms with Gasteiger partial charge in [-0.2, -0.15) is 0 Å². The van der Waals surface area contributed by atoms with Gasteiger partial charge in [-0.3, -0.25) is 0 Å². The molecule has 0 unspecified atom stereocenters. The van der Waals surface area contributed by atoms with E-state index in [1.54, 1.807) is 0 Å². The van der Waals surface area contributed by atoms with Gasteiger partial charge in [0.2, 0.25) is 0 Å². The van der Waals surface area contributed by atoms with E-state index < -0.39 is 0 Å². The number of hydrogen-bond acceptors (Lipinski definition) is 1. The van der Waals surface area contributed by atoms with Crippen LogP contribution in [0.2, 0.25) is 0 Å². The molecule has 0 aromatic rings. The van der Waals surface area contributed by atoms with Crippen LogP contribution in [-0.4, -0.2) is 13.1 Å². The fraction of sp³-hybridized carbons (Fsp3) is 1.00. The van der Waals surface area contributed by atoms with E-state index in [0.717, 1.165) is 17.8 Å². The molecule has 0 aromatic heterocycles. The lowest BCUT2D eigenvalue weighted by Gasteiger charge is -2.21. The third-order valence-electron chi connectivity index (χ3n) is 2.47. The van der Waals surface area contributed by atoms with Gasteiger partial charge in [-0.05, 0) is 50.1 Å². The third-order valence-corrected chi connectivity index (χ3v) is 2.47. The Hall–Kier alpha value is -0.0400. The zero-order chi connectivity index (χ0) is 11.0. The fourth-order valence-corrected chi connectivity index (χ4v) is 2.08. The number of hydrogen-bond donors (Lipinski definition) is 1. The molecule has 1 nitrogen and oxygen atoms in total. The fourth-order valence-electron chi connectivity index (χ4n) is 2.08. The summed E-state index contributed by atoms with van der Waals surface area (Å²) in [5, 5.41) is 3.55. The van der Waals surface area contributed by atoms with Crippen molar-refractivity contribution < 1.29 is 0 Å². The molecule has 0 fully saturated rings. The maximum atomic E-state index is 3.55.